The van der Waals surface area contributed by atoms with Crippen LogP contribution in [0.4, 0.5) is 4.79 Å². The Bertz CT molecular complexity index is 816. The molecule has 0 radical (unpaired) electrons. The van der Waals surface area contributed by atoms with Crippen LogP contribution in [0, 0.1) is 5.92 Å². The summed E-state index contributed by atoms with van der Waals surface area (Å²) in [4.78, 5) is 31.9. The van der Waals surface area contributed by atoms with Crippen molar-refractivity contribution in [2.24, 2.45) is 5.92 Å². The Morgan fingerprint density at radius 3 is 2.34 bits per heavy atom. The Hall–Kier alpha value is -2.15. The lowest BCUT2D eigenvalue weighted by molar-refractivity contribution is -0.134. The third-order valence-corrected chi connectivity index (χ3v) is 5.61. The second-order valence-electron chi connectivity index (χ2n) is 7.30. The van der Waals surface area contributed by atoms with Gasteiger partial charge < -0.3 is 10.6 Å². The van der Waals surface area contributed by atoms with Crippen molar-refractivity contribution in [3.8, 4) is 0 Å². The lowest BCUT2D eigenvalue weighted by atomic mass is 9.74. The highest BCUT2D eigenvalue weighted by Gasteiger charge is 2.55. The number of carbonyl (C=O) groups is 2. The van der Waals surface area contributed by atoms with Crippen LogP contribution >= 0.6 is 24.8 Å². The summed E-state index contributed by atoms with van der Waals surface area (Å²) in [7, 11) is 0. The minimum atomic E-state index is -0.880. The molecule has 2 aliphatic heterocycles. The minimum absolute atomic E-state index is 0. The van der Waals surface area contributed by atoms with Crippen LogP contribution in [0.3, 0.4) is 0 Å². The van der Waals surface area contributed by atoms with E-state index in [0.29, 0.717) is 12.1 Å². The summed E-state index contributed by atoms with van der Waals surface area (Å²) in [6.07, 6.45) is 3.94. The summed E-state index contributed by atoms with van der Waals surface area (Å²) in [6.45, 7) is 1.93. The van der Waals surface area contributed by atoms with E-state index in [1.165, 1.54) is 4.90 Å². The summed E-state index contributed by atoms with van der Waals surface area (Å²) >= 11 is 0. The van der Waals surface area contributed by atoms with E-state index < -0.39 is 5.54 Å². The fourth-order valence-corrected chi connectivity index (χ4v) is 4.22. The number of amides is 3. The number of benzene rings is 1. The van der Waals surface area contributed by atoms with Crippen molar-refractivity contribution in [3.05, 3.63) is 66.0 Å². The summed E-state index contributed by atoms with van der Waals surface area (Å²) < 4.78 is 0. The standard InChI is InChI=1S/C21H24N4O2.2ClH/c26-19-21(17-9-12-22-13-10-17,14-16-6-2-1-3-7-16)24-20(27)25(19)15-18-8-4-5-11-23-18;;/h1-8,11,17,22H,9-10,12-15H2,(H,24,27);2*1H. The highest BCUT2D eigenvalue weighted by molar-refractivity contribution is 6.07. The van der Waals surface area contributed by atoms with Crippen LogP contribution in [0.25, 0.3) is 0 Å². The van der Waals surface area contributed by atoms with Gasteiger partial charge in [-0.15, -0.1) is 24.8 Å². The van der Waals surface area contributed by atoms with Crippen LogP contribution in [-0.4, -0.2) is 40.5 Å². The number of hydrogen-bond donors (Lipinski definition) is 2. The molecule has 1 unspecified atom stereocenters. The van der Waals surface area contributed by atoms with E-state index in [4.69, 9.17) is 0 Å². The van der Waals surface area contributed by atoms with Gasteiger partial charge in [-0.25, -0.2) is 4.79 Å². The van der Waals surface area contributed by atoms with Crippen LogP contribution in [0.2, 0.25) is 0 Å². The molecule has 0 aliphatic carbocycles. The molecule has 8 heteroatoms. The monoisotopic (exact) mass is 436 g/mol. The molecule has 156 valence electrons. The van der Waals surface area contributed by atoms with Gasteiger partial charge in [-0.3, -0.25) is 14.7 Å². The van der Waals surface area contributed by atoms with Crippen molar-refractivity contribution in [3.63, 3.8) is 0 Å². The van der Waals surface area contributed by atoms with Crippen molar-refractivity contribution in [2.75, 3.05) is 13.1 Å². The maximum Gasteiger partial charge on any atom is 0.325 e. The first-order chi connectivity index (χ1) is 13.2. The van der Waals surface area contributed by atoms with Crippen molar-refractivity contribution in [1.82, 2.24) is 20.5 Å². The molecule has 0 spiro atoms. The maximum absolute atomic E-state index is 13.5. The predicted octanol–water partition coefficient (Wildman–Crippen LogP) is 2.96. The molecule has 6 nitrogen and oxygen atoms in total. The van der Waals surface area contributed by atoms with E-state index in [0.717, 1.165) is 31.5 Å². The van der Waals surface area contributed by atoms with Gasteiger partial charge in [-0.05, 0) is 49.5 Å². The van der Waals surface area contributed by atoms with Gasteiger partial charge in [0.25, 0.3) is 5.91 Å². The molecule has 3 amide bonds. The SMILES string of the molecule is Cl.Cl.O=C1NC(Cc2ccccc2)(C2CCNCC2)C(=O)N1Cc1ccccn1. The molecule has 1 aromatic carbocycles. The Morgan fingerprint density at radius 2 is 1.69 bits per heavy atom. The van der Waals surface area contributed by atoms with E-state index in [-0.39, 0.29) is 49.2 Å². The second-order valence-corrected chi connectivity index (χ2v) is 7.30. The average Bonchev–Trinajstić information content (AvgIpc) is 2.95. The number of hydrogen-bond acceptors (Lipinski definition) is 4. The molecule has 3 heterocycles. The van der Waals surface area contributed by atoms with Crippen LogP contribution < -0.4 is 10.6 Å². The zero-order chi connectivity index (χ0) is 18.7. The zero-order valence-electron chi connectivity index (χ0n) is 16.0. The molecule has 1 aromatic heterocycles. The highest BCUT2D eigenvalue weighted by atomic mass is 35.5. The minimum Gasteiger partial charge on any atom is -0.322 e. The summed E-state index contributed by atoms with van der Waals surface area (Å²) in [5.74, 6) is -0.0157. The Balaban J connectivity index is 0.00000150. The maximum atomic E-state index is 13.5. The van der Waals surface area contributed by atoms with Crippen molar-refractivity contribution < 1.29 is 9.59 Å². The molecular weight excluding hydrogens is 411 g/mol. The largest absolute Gasteiger partial charge is 0.325 e. The molecule has 2 fully saturated rings. The number of urea groups is 1. The lowest BCUT2D eigenvalue weighted by Gasteiger charge is -2.38. The molecule has 0 bridgehead atoms. The number of halogens is 2. The normalized spacial score (nSPS) is 21.9. The second kappa shape index (κ2) is 10.1. The van der Waals surface area contributed by atoms with Crippen LogP contribution in [0.15, 0.2) is 54.7 Å². The highest BCUT2D eigenvalue weighted by Crippen LogP contribution is 2.35. The number of pyridine rings is 1. The van der Waals surface area contributed by atoms with Crippen molar-refractivity contribution in [1.29, 1.82) is 0 Å². The third kappa shape index (κ3) is 4.71. The van der Waals surface area contributed by atoms with Gasteiger partial charge in [0, 0.05) is 12.6 Å². The smallest absolute Gasteiger partial charge is 0.322 e. The Kier molecular flexibility index (Phi) is 8.02. The number of nitrogens with one attached hydrogen (secondary N) is 2. The van der Waals surface area contributed by atoms with Crippen LogP contribution in [-0.2, 0) is 17.8 Å². The molecule has 4 rings (SSSR count). The van der Waals surface area contributed by atoms with E-state index >= 15 is 0 Å². The number of carbonyl (C=O) groups excluding carboxylic acids is 2. The van der Waals surface area contributed by atoms with Crippen LogP contribution in [0.5, 0.6) is 0 Å². The molecular formula is C21H26Cl2N4O2. The Morgan fingerprint density at radius 1 is 1.00 bits per heavy atom. The van der Waals surface area contributed by atoms with Gasteiger partial charge >= 0.3 is 6.03 Å². The first-order valence-corrected chi connectivity index (χ1v) is 9.48. The molecule has 2 N–H and O–H groups in total. The van der Waals surface area contributed by atoms with E-state index in [1.54, 1.807) is 6.20 Å². The van der Waals surface area contributed by atoms with Crippen LogP contribution in [0.1, 0.15) is 24.1 Å². The molecule has 2 saturated heterocycles. The fourth-order valence-electron chi connectivity index (χ4n) is 4.22. The topological polar surface area (TPSA) is 74.3 Å². The van der Waals surface area contributed by atoms with Gasteiger partial charge in [-0.2, -0.15) is 0 Å². The third-order valence-electron chi connectivity index (χ3n) is 5.61. The number of imide groups is 1. The number of nitrogens with zero attached hydrogens (tertiary/aromatic N) is 2. The molecule has 29 heavy (non-hydrogen) atoms. The first kappa shape index (κ1) is 23.1. The summed E-state index contributed by atoms with van der Waals surface area (Å²) in [5.41, 5.74) is 0.890. The Labute approximate surface area is 183 Å². The molecule has 2 aliphatic rings. The molecule has 0 saturated carbocycles. The van der Waals surface area contributed by atoms with Gasteiger partial charge in [0.2, 0.25) is 0 Å². The first-order valence-electron chi connectivity index (χ1n) is 9.48. The molecule has 1 atom stereocenters. The summed E-state index contributed by atoms with van der Waals surface area (Å²) in [5, 5.41) is 6.44. The van der Waals surface area contributed by atoms with Gasteiger partial charge in [0.15, 0.2) is 0 Å². The zero-order valence-corrected chi connectivity index (χ0v) is 17.7. The average molecular weight is 437 g/mol. The number of piperidine rings is 1. The quantitative estimate of drug-likeness (QED) is 0.706. The lowest BCUT2D eigenvalue weighted by Crippen LogP contribution is -2.57. The molecule has 2 aromatic rings. The fraction of sp³-hybridized carbons (Fsp3) is 0.381. The van der Waals surface area contributed by atoms with E-state index in [9.17, 15) is 9.59 Å². The summed E-state index contributed by atoms with van der Waals surface area (Å²) in [6, 6.07) is 15.1. The van der Waals surface area contributed by atoms with Crippen molar-refractivity contribution in [2.45, 2.75) is 31.3 Å². The van der Waals surface area contributed by atoms with E-state index in [1.807, 2.05) is 48.5 Å². The predicted molar refractivity (Wildman–Crippen MR) is 116 cm³/mol. The van der Waals surface area contributed by atoms with Crippen molar-refractivity contribution >= 4 is 36.8 Å². The van der Waals surface area contributed by atoms with Gasteiger partial charge in [0.1, 0.15) is 5.54 Å². The number of rotatable bonds is 5. The number of aromatic nitrogens is 1. The van der Waals surface area contributed by atoms with Gasteiger partial charge in [0.05, 0.1) is 12.2 Å². The van der Waals surface area contributed by atoms with Gasteiger partial charge in [-0.1, -0.05) is 36.4 Å². The van der Waals surface area contributed by atoms with E-state index in [2.05, 4.69) is 15.6 Å².